The Labute approximate surface area is 87.7 Å². The summed E-state index contributed by atoms with van der Waals surface area (Å²) in [6.07, 6.45) is 0. The molecule has 0 atom stereocenters. The molecule has 2 N–H and O–H groups in total. The Morgan fingerprint density at radius 2 is 2.29 bits per heavy atom. The number of hydrogen-bond donors (Lipinski definition) is 2. The van der Waals surface area contributed by atoms with Crippen molar-refractivity contribution >= 4 is 17.3 Å². The molecule has 3 nitrogen and oxygen atoms in total. The molecule has 0 aromatic heterocycles. The van der Waals surface area contributed by atoms with Gasteiger partial charge in [-0.15, -0.1) is 0 Å². The molecule has 2 rings (SSSR count). The molecule has 14 heavy (non-hydrogen) atoms. The molecule has 1 aromatic carbocycles. The fourth-order valence-electron chi connectivity index (χ4n) is 1.31. The highest BCUT2D eigenvalue weighted by molar-refractivity contribution is 6.33. The molecule has 0 radical (unpaired) electrons. The molecule has 0 aliphatic carbocycles. The van der Waals surface area contributed by atoms with Crippen LogP contribution in [0.3, 0.4) is 0 Å². The van der Waals surface area contributed by atoms with Crippen molar-refractivity contribution in [2.75, 3.05) is 18.4 Å². The first-order valence-corrected chi connectivity index (χ1v) is 4.84. The van der Waals surface area contributed by atoms with Crippen molar-refractivity contribution in [1.29, 1.82) is 5.26 Å². The normalized spacial score (nSPS) is 15.7. The van der Waals surface area contributed by atoms with Crippen LogP contribution in [-0.4, -0.2) is 19.1 Å². The van der Waals surface area contributed by atoms with E-state index in [4.69, 9.17) is 16.9 Å². The zero-order valence-corrected chi connectivity index (χ0v) is 8.30. The van der Waals surface area contributed by atoms with Crippen LogP contribution in [0, 0.1) is 11.3 Å². The summed E-state index contributed by atoms with van der Waals surface area (Å²) in [5.41, 5.74) is 1.49. The van der Waals surface area contributed by atoms with Gasteiger partial charge < -0.3 is 10.6 Å². The van der Waals surface area contributed by atoms with Crippen LogP contribution < -0.4 is 10.6 Å². The third kappa shape index (κ3) is 1.82. The average molecular weight is 208 g/mol. The SMILES string of the molecule is N#Cc1ccc(NC2CNC2)c(Cl)c1. The summed E-state index contributed by atoms with van der Waals surface area (Å²) in [7, 11) is 0. The van der Waals surface area contributed by atoms with Gasteiger partial charge in [-0.3, -0.25) is 0 Å². The number of rotatable bonds is 2. The zero-order chi connectivity index (χ0) is 9.97. The van der Waals surface area contributed by atoms with E-state index in [2.05, 4.69) is 16.7 Å². The van der Waals surface area contributed by atoms with Gasteiger partial charge in [-0.2, -0.15) is 5.26 Å². The van der Waals surface area contributed by atoms with Crippen LogP contribution in [0.5, 0.6) is 0 Å². The van der Waals surface area contributed by atoms with Gasteiger partial charge in [-0.05, 0) is 18.2 Å². The number of anilines is 1. The van der Waals surface area contributed by atoms with Gasteiger partial charge in [0.25, 0.3) is 0 Å². The number of nitrogens with one attached hydrogen (secondary N) is 2. The van der Waals surface area contributed by atoms with Gasteiger partial charge in [0.2, 0.25) is 0 Å². The van der Waals surface area contributed by atoms with E-state index in [9.17, 15) is 0 Å². The lowest BCUT2D eigenvalue weighted by molar-refractivity contribution is 0.472. The van der Waals surface area contributed by atoms with E-state index in [0.29, 0.717) is 16.6 Å². The number of benzene rings is 1. The third-order valence-electron chi connectivity index (χ3n) is 2.24. The Kier molecular flexibility index (Phi) is 2.58. The second kappa shape index (κ2) is 3.87. The van der Waals surface area contributed by atoms with Crippen molar-refractivity contribution in [2.24, 2.45) is 0 Å². The van der Waals surface area contributed by atoms with Crippen molar-refractivity contribution in [3.8, 4) is 6.07 Å². The predicted octanol–water partition coefficient (Wildman–Crippen LogP) is 1.60. The molecule has 4 heteroatoms. The summed E-state index contributed by atoms with van der Waals surface area (Å²) in [4.78, 5) is 0. The van der Waals surface area contributed by atoms with Crippen LogP contribution >= 0.6 is 11.6 Å². The van der Waals surface area contributed by atoms with E-state index in [1.54, 1.807) is 12.1 Å². The van der Waals surface area contributed by atoms with E-state index in [1.165, 1.54) is 0 Å². The smallest absolute Gasteiger partial charge is 0.0992 e. The highest BCUT2D eigenvalue weighted by Gasteiger charge is 2.16. The number of hydrogen-bond acceptors (Lipinski definition) is 3. The molecule has 1 aromatic rings. The first-order valence-electron chi connectivity index (χ1n) is 4.46. The molecule has 1 saturated heterocycles. The van der Waals surface area contributed by atoms with Gasteiger partial charge in [0.1, 0.15) is 0 Å². The Morgan fingerprint density at radius 3 is 2.79 bits per heavy atom. The Morgan fingerprint density at radius 1 is 1.50 bits per heavy atom. The lowest BCUT2D eigenvalue weighted by atomic mass is 10.1. The zero-order valence-electron chi connectivity index (χ0n) is 7.55. The summed E-state index contributed by atoms with van der Waals surface area (Å²) >= 11 is 6.00. The average Bonchev–Trinajstić information content (AvgIpc) is 2.13. The molecular formula is C10H10ClN3. The van der Waals surface area contributed by atoms with Crippen molar-refractivity contribution < 1.29 is 0 Å². The molecule has 1 heterocycles. The second-order valence-corrected chi connectivity index (χ2v) is 3.71. The van der Waals surface area contributed by atoms with E-state index in [1.807, 2.05) is 6.07 Å². The van der Waals surface area contributed by atoms with Crippen LogP contribution in [-0.2, 0) is 0 Å². The fourth-order valence-corrected chi connectivity index (χ4v) is 1.55. The molecule has 72 valence electrons. The standard InChI is InChI=1S/C10H10ClN3/c11-9-3-7(4-12)1-2-10(9)14-8-5-13-6-8/h1-3,8,13-14H,5-6H2. The summed E-state index contributed by atoms with van der Waals surface area (Å²) in [6.45, 7) is 1.94. The number of nitrogens with zero attached hydrogens (tertiary/aromatic N) is 1. The Bertz CT molecular complexity index is 379. The van der Waals surface area contributed by atoms with Crippen LogP contribution in [0.25, 0.3) is 0 Å². The molecule has 0 bridgehead atoms. The minimum atomic E-state index is 0.459. The van der Waals surface area contributed by atoms with Crippen LogP contribution in [0.1, 0.15) is 5.56 Å². The maximum Gasteiger partial charge on any atom is 0.0992 e. The molecule has 1 aliphatic rings. The van der Waals surface area contributed by atoms with Gasteiger partial charge in [-0.1, -0.05) is 11.6 Å². The summed E-state index contributed by atoms with van der Waals surface area (Å²) in [6, 6.07) is 7.80. The van der Waals surface area contributed by atoms with Gasteiger partial charge in [0.15, 0.2) is 0 Å². The quantitative estimate of drug-likeness (QED) is 0.775. The van der Waals surface area contributed by atoms with Gasteiger partial charge in [0.05, 0.1) is 28.4 Å². The highest BCUT2D eigenvalue weighted by atomic mass is 35.5. The Balaban J connectivity index is 2.14. The van der Waals surface area contributed by atoms with Gasteiger partial charge in [-0.25, -0.2) is 0 Å². The molecule has 0 saturated carbocycles. The maximum absolute atomic E-state index is 8.65. The van der Waals surface area contributed by atoms with Gasteiger partial charge in [0, 0.05) is 13.1 Å². The van der Waals surface area contributed by atoms with Crippen molar-refractivity contribution in [1.82, 2.24) is 5.32 Å². The minimum absolute atomic E-state index is 0.459. The topological polar surface area (TPSA) is 47.9 Å². The Hall–Kier alpha value is -1.24. The van der Waals surface area contributed by atoms with Crippen molar-refractivity contribution in [2.45, 2.75) is 6.04 Å². The molecule has 0 amide bonds. The van der Waals surface area contributed by atoms with Gasteiger partial charge >= 0.3 is 0 Å². The lowest BCUT2D eigenvalue weighted by Crippen LogP contribution is -2.51. The third-order valence-corrected chi connectivity index (χ3v) is 2.55. The summed E-state index contributed by atoms with van der Waals surface area (Å²) < 4.78 is 0. The van der Waals surface area contributed by atoms with Crippen LogP contribution in [0.2, 0.25) is 5.02 Å². The largest absolute Gasteiger partial charge is 0.379 e. The van der Waals surface area contributed by atoms with E-state index >= 15 is 0 Å². The first kappa shape index (κ1) is 9.32. The minimum Gasteiger partial charge on any atom is -0.379 e. The second-order valence-electron chi connectivity index (χ2n) is 3.31. The van der Waals surface area contributed by atoms with E-state index < -0.39 is 0 Å². The molecule has 0 spiro atoms. The number of nitriles is 1. The van der Waals surface area contributed by atoms with Crippen molar-refractivity contribution in [3.63, 3.8) is 0 Å². The summed E-state index contributed by atoms with van der Waals surface area (Å²) in [5.74, 6) is 0. The molecular weight excluding hydrogens is 198 g/mol. The van der Waals surface area contributed by atoms with Crippen LogP contribution in [0.4, 0.5) is 5.69 Å². The summed E-state index contributed by atoms with van der Waals surface area (Å²) in [5, 5.41) is 15.7. The molecule has 1 fully saturated rings. The van der Waals surface area contributed by atoms with E-state index in [-0.39, 0.29) is 0 Å². The monoisotopic (exact) mass is 207 g/mol. The lowest BCUT2D eigenvalue weighted by Gasteiger charge is -2.29. The molecule has 0 unspecified atom stereocenters. The number of halogens is 1. The fraction of sp³-hybridized carbons (Fsp3) is 0.300. The maximum atomic E-state index is 8.65. The molecule has 1 aliphatic heterocycles. The van der Waals surface area contributed by atoms with Crippen molar-refractivity contribution in [3.05, 3.63) is 28.8 Å². The van der Waals surface area contributed by atoms with Crippen LogP contribution in [0.15, 0.2) is 18.2 Å². The predicted molar refractivity (Wildman–Crippen MR) is 56.4 cm³/mol. The first-order chi connectivity index (χ1) is 6.79. The van der Waals surface area contributed by atoms with E-state index in [0.717, 1.165) is 18.8 Å². The highest BCUT2D eigenvalue weighted by Crippen LogP contribution is 2.23.